The molecule has 1 aliphatic heterocycles. The number of likely N-dealkylation sites (tertiary alicyclic amines) is 1. The predicted molar refractivity (Wildman–Crippen MR) is 71.4 cm³/mol. The highest BCUT2D eigenvalue weighted by Gasteiger charge is 2.18. The van der Waals surface area contributed by atoms with E-state index in [9.17, 15) is 0 Å². The number of hydrogen-bond acceptors (Lipinski definition) is 3. The fourth-order valence-electron chi connectivity index (χ4n) is 2.56. The van der Waals surface area contributed by atoms with Crippen molar-refractivity contribution in [3.05, 3.63) is 23.8 Å². The van der Waals surface area contributed by atoms with Crippen molar-refractivity contribution in [1.82, 2.24) is 4.90 Å². The van der Waals surface area contributed by atoms with Crippen molar-refractivity contribution in [2.45, 2.75) is 32.2 Å². The Balaban J connectivity index is 2.00. The van der Waals surface area contributed by atoms with Crippen LogP contribution in [0.3, 0.4) is 0 Å². The van der Waals surface area contributed by atoms with Crippen LogP contribution in [0.5, 0.6) is 5.75 Å². The molecule has 0 saturated carbocycles. The van der Waals surface area contributed by atoms with Gasteiger partial charge in [-0.05, 0) is 57.0 Å². The van der Waals surface area contributed by atoms with Gasteiger partial charge in [0.1, 0.15) is 5.75 Å². The molecule has 0 amide bonds. The molecule has 1 atom stereocenters. The zero-order chi connectivity index (χ0) is 12.3. The molecule has 1 aromatic rings. The summed E-state index contributed by atoms with van der Waals surface area (Å²) >= 11 is 0. The van der Waals surface area contributed by atoms with Crippen LogP contribution in [0.15, 0.2) is 18.2 Å². The van der Waals surface area contributed by atoms with E-state index in [0.29, 0.717) is 6.04 Å². The van der Waals surface area contributed by atoms with Gasteiger partial charge in [0.2, 0.25) is 0 Å². The number of nitrogens with two attached hydrogens (primary N) is 1. The zero-order valence-corrected chi connectivity index (χ0v) is 10.8. The second kappa shape index (κ2) is 5.41. The van der Waals surface area contributed by atoms with E-state index in [0.717, 1.165) is 17.9 Å². The maximum Gasteiger partial charge on any atom is 0.141 e. The number of methoxy groups -OCH3 is 1. The summed E-state index contributed by atoms with van der Waals surface area (Å²) < 4.78 is 5.17. The van der Waals surface area contributed by atoms with Crippen molar-refractivity contribution in [3.8, 4) is 5.75 Å². The van der Waals surface area contributed by atoms with Gasteiger partial charge in [-0.15, -0.1) is 0 Å². The van der Waals surface area contributed by atoms with Crippen molar-refractivity contribution in [2.75, 3.05) is 25.9 Å². The topological polar surface area (TPSA) is 38.5 Å². The van der Waals surface area contributed by atoms with Crippen molar-refractivity contribution < 1.29 is 4.74 Å². The average molecular weight is 234 g/mol. The first kappa shape index (κ1) is 12.2. The Labute approximate surface area is 104 Å². The molecular weight excluding hydrogens is 212 g/mol. The maximum atomic E-state index is 5.92. The van der Waals surface area contributed by atoms with Crippen LogP contribution in [0.1, 0.15) is 25.3 Å². The van der Waals surface area contributed by atoms with Gasteiger partial charge in [-0.3, -0.25) is 0 Å². The van der Waals surface area contributed by atoms with Crippen molar-refractivity contribution in [2.24, 2.45) is 0 Å². The lowest BCUT2D eigenvalue weighted by atomic mass is 10.1. The largest absolute Gasteiger partial charge is 0.495 e. The Morgan fingerprint density at radius 3 is 2.65 bits per heavy atom. The lowest BCUT2D eigenvalue weighted by molar-refractivity contribution is 0.257. The number of rotatable bonds is 4. The van der Waals surface area contributed by atoms with E-state index in [2.05, 4.69) is 17.9 Å². The number of hydrogen-bond donors (Lipinski definition) is 1. The summed E-state index contributed by atoms with van der Waals surface area (Å²) in [5.74, 6) is 0.766. The van der Waals surface area contributed by atoms with E-state index >= 15 is 0 Å². The van der Waals surface area contributed by atoms with Gasteiger partial charge in [0.25, 0.3) is 0 Å². The molecule has 0 spiro atoms. The summed E-state index contributed by atoms with van der Waals surface area (Å²) in [5, 5.41) is 0. The van der Waals surface area contributed by atoms with E-state index in [4.69, 9.17) is 10.5 Å². The van der Waals surface area contributed by atoms with Crippen molar-refractivity contribution in [1.29, 1.82) is 0 Å². The third-order valence-electron chi connectivity index (χ3n) is 3.59. The highest BCUT2D eigenvalue weighted by atomic mass is 16.5. The normalized spacial score (nSPS) is 18.2. The molecule has 17 heavy (non-hydrogen) atoms. The van der Waals surface area contributed by atoms with Gasteiger partial charge in [-0.25, -0.2) is 0 Å². The van der Waals surface area contributed by atoms with Crippen LogP contribution in [-0.4, -0.2) is 31.1 Å². The highest BCUT2D eigenvalue weighted by Crippen LogP contribution is 2.23. The number of nitrogen functional groups attached to an aromatic ring is 1. The molecule has 1 saturated heterocycles. The Morgan fingerprint density at radius 1 is 1.35 bits per heavy atom. The lowest BCUT2D eigenvalue weighted by Crippen LogP contribution is -2.31. The minimum atomic E-state index is 0.602. The molecule has 1 aromatic carbocycles. The number of nitrogens with zero attached hydrogens (tertiary/aromatic N) is 1. The first-order chi connectivity index (χ1) is 8.20. The van der Waals surface area contributed by atoms with Gasteiger partial charge in [-0.2, -0.15) is 0 Å². The molecule has 0 aliphatic carbocycles. The van der Waals surface area contributed by atoms with Crippen LogP contribution >= 0.6 is 0 Å². The summed E-state index contributed by atoms with van der Waals surface area (Å²) in [6.07, 6.45) is 3.75. The molecule has 1 unspecified atom stereocenters. The van der Waals surface area contributed by atoms with Crippen molar-refractivity contribution in [3.63, 3.8) is 0 Å². The summed E-state index contributed by atoms with van der Waals surface area (Å²) in [4.78, 5) is 2.56. The van der Waals surface area contributed by atoms with Gasteiger partial charge in [0.05, 0.1) is 12.8 Å². The van der Waals surface area contributed by atoms with E-state index in [-0.39, 0.29) is 0 Å². The highest BCUT2D eigenvalue weighted by molar-refractivity contribution is 5.54. The third-order valence-corrected chi connectivity index (χ3v) is 3.59. The molecule has 2 rings (SSSR count). The fourth-order valence-corrected chi connectivity index (χ4v) is 2.56. The van der Waals surface area contributed by atoms with Crippen LogP contribution < -0.4 is 10.5 Å². The summed E-state index contributed by atoms with van der Waals surface area (Å²) in [7, 11) is 1.65. The monoisotopic (exact) mass is 234 g/mol. The second-order valence-electron chi connectivity index (χ2n) is 4.87. The number of anilines is 1. The molecule has 2 N–H and O–H groups in total. The first-order valence-electron chi connectivity index (χ1n) is 6.37. The molecule has 3 heteroatoms. The van der Waals surface area contributed by atoms with Gasteiger partial charge < -0.3 is 15.4 Å². The molecule has 1 fully saturated rings. The minimum absolute atomic E-state index is 0.602. The third kappa shape index (κ3) is 2.91. The van der Waals surface area contributed by atoms with Crippen LogP contribution in [0, 0.1) is 0 Å². The fraction of sp³-hybridized carbons (Fsp3) is 0.571. The van der Waals surface area contributed by atoms with E-state index in [1.807, 2.05) is 12.1 Å². The molecule has 0 radical (unpaired) electrons. The molecule has 1 heterocycles. The van der Waals surface area contributed by atoms with Gasteiger partial charge in [-0.1, -0.05) is 6.07 Å². The molecule has 94 valence electrons. The van der Waals surface area contributed by atoms with E-state index in [1.54, 1.807) is 7.11 Å². The quantitative estimate of drug-likeness (QED) is 0.812. The Kier molecular flexibility index (Phi) is 3.89. The van der Waals surface area contributed by atoms with Gasteiger partial charge in [0.15, 0.2) is 0 Å². The molecule has 1 aliphatic rings. The Hall–Kier alpha value is -1.22. The van der Waals surface area contributed by atoms with E-state index < -0.39 is 0 Å². The van der Waals surface area contributed by atoms with Gasteiger partial charge in [0, 0.05) is 6.04 Å². The molecule has 3 nitrogen and oxygen atoms in total. The molecule has 0 bridgehead atoms. The Morgan fingerprint density at radius 2 is 2.06 bits per heavy atom. The number of ether oxygens (including phenoxy) is 1. The Bertz CT molecular complexity index is 372. The standard InChI is InChI=1S/C14H22N2O/c1-11(16-7-3-4-8-16)9-12-5-6-14(17-2)13(15)10-12/h5-6,10-11H,3-4,7-9,15H2,1-2H3. The van der Waals surface area contributed by atoms with Crippen LogP contribution in [0.2, 0.25) is 0 Å². The molecular formula is C14H22N2O. The van der Waals surface area contributed by atoms with Crippen LogP contribution in [0.4, 0.5) is 5.69 Å². The second-order valence-corrected chi connectivity index (χ2v) is 4.87. The number of benzene rings is 1. The summed E-state index contributed by atoms with van der Waals surface area (Å²) in [6.45, 7) is 4.78. The van der Waals surface area contributed by atoms with Crippen LogP contribution in [-0.2, 0) is 6.42 Å². The zero-order valence-electron chi connectivity index (χ0n) is 10.8. The average Bonchev–Trinajstić information content (AvgIpc) is 2.82. The lowest BCUT2D eigenvalue weighted by Gasteiger charge is -2.23. The minimum Gasteiger partial charge on any atom is -0.495 e. The van der Waals surface area contributed by atoms with Crippen molar-refractivity contribution >= 4 is 5.69 Å². The van der Waals surface area contributed by atoms with E-state index in [1.165, 1.54) is 31.5 Å². The first-order valence-corrected chi connectivity index (χ1v) is 6.37. The molecule has 0 aromatic heterocycles. The summed E-state index contributed by atoms with van der Waals surface area (Å²) in [5.41, 5.74) is 7.95. The smallest absolute Gasteiger partial charge is 0.141 e. The van der Waals surface area contributed by atoms with Gasteiger partial charge >= 0.3 is 0 Å². The predicted octanol–water partition coefficient (Wildman–Crippen LogP) is 2.30. The van der Waals surface area contributed by atoms with Crippen LogP contribution in [0.25, 0.3) is 0 Å². The summed E-state index contributed by atoms with van der Waals surface area (Å²) in [6, 6.07) is 6.71. The maximum absolute atomic E-state index is 5.92. The SMILES string of the molecule is COc1ccc(CC(C)N2CCCC2)cc1N.